The third kappa shape index (κ3) is 4.80. The van der Waals surface area contributed by atoms with E-state index in [4.69, 9.17) is 21.3 Å². The second-order valence-corrected chi connectivity index (χ2v) is 9.74. The number of Topliss-reactive ketones (excluding diaryl/α,β-unsaturated/α-hetero) is 1. The molecule has 0 saturated carbocycles. The molecule has 1 unspecified atom stereocenters. The van der Waals surface area contributed by atoms with E-state index in [0.717, 1.165) is 28.9 Å². The largest absolute Gasteiger partial charge is 0.465 e. The number of carbonyl (C=O) groups excluding carboxylic acids is 2. The Bertz CT molecular complexity index is 1130. The average molecular weight is 479 g/mol. The van der Waals surface area contributed by atoms with Gasteiger partial charge in [-0.2, -0.15) is 0 Å². The maximum absolute atomic E-state index is 13.6. The van der Waals surface area contributed by atoms with Crippen molar-refractivity contribution < 1.29 is 14.3 Å². The number of rotatable bonds is 6. The smallest absolute Gasteiger partial charge is 0.315 e. The van der Waals surface area contributed by atoms with Gasteiger partial charge < -0.3 is 9.64 Å². The van der Waals surface area contributed by atoms with E-state index in [1.165, 1.54) is 0 Å². The summed E-state index contributed by atoms with van der Waals surface area (Å²) >= 11 is 6.06. The first-order valence-electron chi connectivity index (χ1n) is 11.8. The zero-order chi connectivity index (χ0) is 24.4. The lowest BCUT2D eigenvalue weighted by Crippen LogP contribution is -2.38. The molecule has 0 saturated heterocycles. The van der Waals surface area contributed by atoms with Crippen LogP contribution in [0.3, 0.4) is 0 Å². The van der Waals surface area contributed by atoms with Crippen molar-refractivity contribution in [2.24, 2.45) is 10.9 Å². The van der Waals surface area contributed by atoms with Crippen molar-refractivity contribution in [3.05, 3.63) is 76.0 Å². The van der Waals surface area contributed by atoms with Crippen LogP contribution < -0.4 is 4.90 Å². The van der Waals surface area contributed by atoms with Gasteiger partial charge in [-0.1, -0.05) is 42.8 Å². The molecule has 5 nitrogen and oxygen atoms in total. The molecule has 0 radical (unpaired) electrons. The molecule has 178 valence electrons. The third-order valence-corrected chi connectivity index (χ3v) is 6.95. The molecule has 0 N–H and O–H groups in total. The van der Waals surface area contributed by atoms with Gasteiger partial charge in [-0.25, -0.2) is 0 Å². The van der Waals surface area contributed by atoms with E-state index in [-0.39, 0.29) is 17.7 Å². The Morgan fingerprint density at radius 2 is 1.71 bits per heavy atom. The first-order valence-corrected chi connectivity index (χ1v) is 12.2. The minimum atomic E-state index is -0.605. The molecule has 1 aliphatic heterocycles. The van der Waals surface area contributed by atoms with Crippen LogP contribution in [0.25, 0.3) is 0 Å². The molecule has 1 aliphatic carbocycles. The average Bonchev–Trinajstić information content (AvgIpc) is 2.82. The van der Waals surface area contributed by atoms with E-state index >= 15 is 0 Å². The van der Waals surface area contributed by atoms with Gasteiger partial charge in [-0.3, -0.25) is 14.6 Å². The SMILES string of the molecule is CCCOC(=O)C1C(C)=NC2=C(C(=O)C[C@H](c3ccc(Cl)cc3)C2)[C@H]1c1ccc(N(C)C)cc1. The summed E-state index contributed by atoms with van der Waals surface area (Å²) in [4.78, 5) is 33.6. The Balaban J connectivity index is 1.76. The topological polar surface area (TPSA) is 59.0 Å². The van der Waals surface area contributed by atoms with Gasteiger partial charge in [0.05, 0.1) is 6.61 Å². The van der Waals surface area contributed by atoms with E-state index in [0.29, 0.717) is 35.8 Å². The number of halogens is 1. The van der Waals surface area contributed by atoms with Crippen LogP contribution in [-0.2, 0) is 14.3 Å². The van der Waals surface area contributed by atoms with E-state index in [2.05, 4.69) is 0 Å². The fourth-order valence-corrected chi connectivity index (χ4v) is 5.09. The Morgan fingerprint density at radius 1 is 1.06 bits per heavy atom. The van der Waals surface area contributed by atoms with Gasteiger partial charge in [0, 0.05) is 54.1 Å². The van der Waals surface area contributed by atoms with Crippen LogP contribution in [0.15, 0.2) is 64.8 Å². The molecule has 2 aromatic carbocycles. The summed E-state index contributed by atoms with van der Waals surface area (Å²) < 4.78 is 5.56. The third-order valence-electron chi connectivity index (χ3n) is 6.70. The van der Waals surface area contributed by atoms with Crippen LogP contribution in [0.1, 0.15) is 56.1 Å². The highest BCUT2D eigenvalue weighted by Crippen LogP contribution is 2.47. The number of aliphatic imine (C=N–C) groups is 1. The van der Waals surface area contributed by atoms with Gasteiger partial charge in [0.2, 0.25) is 0 Å². The molecular weight excluding hydrogens is 448 g/mol. The molecule has 2 aliphatic rings. The Kier molecular flexibility index (Phi) is 7.22. The lowest BCUT2D eigenvalue weighted by molar-refractivity contribution is -0.146. The van der Waals surface area contributed by atoms with Gasteiger partial charge in [0.15, 0.2) is 5.78 Å². The molecule has 0 bridgehead atoms. The van der Waals surface area contributed by atoms with Crippen molar-refractivity contribution in [3.63, 3.8) is 0 Å². The molecule has 1 heterocycles. The van der Waals surface area contributed by atoms with E-state index in [1.54, 1.807) is 0 Å². The predicted molar refractivity (Wildman–Crippen MR) is 137 cm³/mol. The van der Waals surface area contributed by atoms with Gasteiger partial charge in [-0.05, 0) is 61.1 Å². The summed E-state index contributed by atoms with van der Waals surface area (Å²) in [6, 6.07) is 15.7. The fraction of sp³-hybridized carbons (Fsp3) is 0.393. The number of benzene rings is 2. The number of carbonyl (C=O) groups is 2. The first-order chi connectivity index (χ1) is 16.3. The standard InChI is InChI=1S/C28H31ClN2O3/c1-5-14-34-28(33)25-17(2)30-23-15-20(18-6-10-21(29)11-7-18)16-24(32)27(23)26(25)19-8-12-22(13-9-19)31(3)4/h6-13,20,25-26H,5,14-16H2,1-4H3/t20-,25?,26+/m1/s1. The van der Waals surface area contributed by atoms with Crippen molar-refractivity contribution >= 4 is 34.8 Å². The van der Waals surface area contributed by atoms with E-state index < -0.39 is 11.8 Å². The maximum Gasteiger partial charge on any atom is 0.315 e. The van der Waals surface area contributed by atoms with Crippen LogP contribution in [0.5, 0.6) is 0 Å². The predicted octanol–water partition coefficient (Wildman–Crippen LogP) is 5.93. The Labute approximate surface area is 206 Å². The van der Waals surface area contributed by atoms with Crippen molar-refractivity contribution in [1.82, 2.24) is 0 Å². The fourth-order valence-electron chi connectivity index (χ4n) is 4.97. The van der Waals surface area contributed by atoms with Gasteiger partial charge in [0.25, 0.3) is 0 Å². The first kappa shape index (κ1) is 24.2. The summed E-state index contributed by atoms with van der Waals surface area (Å²) in [5, 5.41) is 0.673. The molecule has 0 spiro atoms. The van der Waals surface area contributed by atoms with Crippen molar-refractivity contribution in [1.29, 1.82) is 0 Å². The van der Waals surface area contributed by atoms with Crippen LogP contribution in [0.2, 0.25) is 5.02 Å². The normalized spacial score (nSPS) is 22.2. The summed E-state index contributed by atoms with van der Waals surface area (Å²) in [7, 11) is 3.97. The molecule has 3 atom stereocenters. The molecule has 34 heavy (non-hydrogen) atoms. The lowest BCUT2D eigenvalue weighted by Gasteiger charge is -2.36. The molecule has 0 amide bonds. The number of allylic oxidation sites excluding steroid dienone is 2. The monoisotopic (exact) mass is 478 g/mol. The highest BCUT2D eigenvalue weighted by Gasteiger charge is 2.44. The number of ether oxygens (including phenoxy) is 1. The molecule has 2 aromatic rings. The highest BCUT2D eigenvalue weighted by atomic mass is 35.5. The second kappa shape index (κ2) is 10.1. The summed E-state index contributed by atoms with van der Waals surface area (Å²) in [5.41, 5.74) is 5.22. The summed E-state index contributed by atoms with van der Waals surface area (Å²) in [6.07, 6.45) is 1.79. The zero-order valence-corrected chi connectivity index (χ0v) is 20.9. The number of hydrogen-bond donors (Lipinski definition) is 0. The minimum Gasteiger partial charge on any atom is -0.465 e. The summed E-state index contributed by atoms with van der Waals surface area (Å²) in [5.74, 6) is -1.23. The van der Waals surface area contributed by atoms with Gasteiger partial charge in [0.1, 0.15) is 5.92 Å². The minimum absolute atomic E-state index is 0.0421. The van der Waals surface area contributed by atoms with Gasteiger partial charge >= 0.3 is 5.97 Å². The van der Waals surface area contributed by atoms with Crippen molar-refractivity contribution in [3.8, 4) is 0 Å². The highest BCUT2D eigenvalue weighted by molar-refractivity contribution is 6.30. The Morgan fingerprint density at radius 3 is 2.32 bits per heavy atom. The number of anilines is 1. The van der Waals surface area contributed by atoms with Crippen LogP contribution >= 0.6 is 11.6 Å². The maximum atomic E-state index is 13.6. The van der Waals surface area contributed by atoms with Crippen LogP contribution in [-0.4, -0.2) is 38.2 Å². The molecular formula is C28H31ClN2O3. The molecule has 4 rings (SSSR count). The quantitative estimate of drug-likeness (QED) is 0.482. The lowest BCUT2D eigenvalue weighted by atomic mass is 9.69. The number of nitrogens with zero attached hydrogens (tertiary/aromatic N) is 2. The van der Waals surface area contributed by atoms with Crippen LogP contribution in [0.4, 0.5) is 5.69 Å². The van der Waals surface area contributed by atoms with Gasteiger partial charge in [-0.15, -0.1) is 0 Å². The number of ketones is 1. The molecule has 6 heteroatoms. The number of hydrogen-bond acceptors (Lipinski definition) is 5. The van der Waals surface area contributed by atoms with Crippen molar-refractivity contribution in [2.45, 2.75) is 44.9 Å². The zero-order valence-electron chi connectivity index (χ0n) is 20.2. The second-order valence-electron chi connectivity index (χ2n) is 9.30. The molecule has 0 fully saturated rings. The molecule has 0 aromatic heterocycles. The van der Waals surface area contributed by atoms with E-state index in [9.17, 15) is 9.59 Å². The Hall–Kier alpha value is -2.92. The van der Waals surface area contributed by atoms with Crippen LogP contribution in [0, 0.1) is 5.92 Å². The van der Waals surface area contributed by atoms with Crippen molar-refractivity contribution in [2.75, 3.05) is 25.6 Å². The number of esters is 1. The summed E-state index contributed by atoms with van der Waals surface area (Å²) in [6.45, 7) is 4.20. The van der Waals surface area contributed by atoms with E-state index in [1.807, 2.05) is 81.4 Å².